The van der Waals surface area contributed by atoms with Crippen LogP contribution in [0.1, 0.15) is 39.0 Å². The summed E-state index contributed by atoms with van der Waals surface area (Å²) in [5, 5.41) is 13.1. The van der Waals surface area contributed by atoms with Gasteiger partial charge in [-0.05, 0) is 30.9 Å². The number of fused-ring (bicyclic) bond motifs is 1. The highest BCUT2D eigenvalue weighted by molar-refractivity contribution is 7.17. The highest BCUT2D eigenvalue weighted by atomic mass is 32.1. The normalized spacial score (nSPS) is 17.2. The summed E-state index contributed by atoms with van der Waals surface area (Å²) in [5.41, 5.74) is 3.24. The number of rotatable bonds is 3. The van der Waals surface area contributed by atoms with Crippen molar-refractivity contribution in [1.29, 1.82) is 0 Å². The fraction of sp³-hybridized carbons (Fsp3) is 0.286. The monoisotopic (exact) mass is 274 g/mol. The average Bonchev–Trinajstić information content (AvgIpc) is 2.95. The molecular formula is C14H14N2O2S. The smallest absolute Gasteiger partial charge is 0.347 e. The number of benzene rings is 1. The first-order valence-electron chi connectivity index (χ1n) is 6.20. The lowest BCUT2D eigenvalue weighted by atomic mass is 10.1. The second-order valence-corrected chi connectivity index (χ2v) is 5.67. The van der Waals surface area contributed by atoms with E-state index in [1.54, 1.807) is 6.92 Å². The van der Waals surface area contributed by atoms with Crippen molar-refractivity contribution in [2.75, 3.05) is 5.32 Å². The van der Waals surface area contributed by atoms with Crippen molar-refractivity contribution in [3.63, 3.8) is 0 Å². The Morgan fingerprint density at radius 3 is 3.00 bits per heavy atom. The molecule has 1 atom stereocenters. The molecular weight excluding hydrogens is 260 g/mol. The van der Waals surface area contributed by atoms with E-state index in [9.17, 15) is 4.79 Å². The first-order valence-corrected chi connectivity index (χ1v) is 7.02. The Morgan fingerprint density at radius 2 is 2.26 bits per heavy atom. The maximum absolute atomic E-state index is 11.0. The molecule has 0 saturated carbocycles. The Balaban J connectivity index is 1.84. The maximum atomic E-state index is 11.0. The molecule has 0 aliphatic heterocycles. The van der Waals surface area contributed by atoms with Gasteiger partial charge in [0.15, 0.2) is 5.13 Å². The lowest BCUT2D eigenvalue weighted by molar-refractivity contribution is 0.0701. The second-order valence-electron chi connectivity index (χ2n) is 4.67. The second kappa shape index (κ2) is 4.66. The van der Waals surface area contributed by atoms with Gasteiger partial charge in [0.1, 0.15) is 4.88 Å². The molecule has 2 aromatic rings. The highest BCUT2D eigenvalue weighted by Gasteiger charge is 2.23. The summed E-state index contributed by atoms with van der Waals surface area (Å²) < 4.78 is 0. The number of nitrogens with one attached hydrogen (secondary N) is 1. The number of carbonyl (C=O) groups is 1. The van der Waals surface area contributed by atoms with Crippen molar-refractivity contribution in [1.82, 2.24) is 4.98 Å². The van der Waals surface area contributed by atoms with Crippen LogP contribution in [0.3, 0.4) is 0 Å². The van der Waals surface area contributed by atoms with Crippen LogP contribution in [0.15, 0.2) is 24.3 Å². The number of carboxylic acids is 1. The fourth-order valence-electron chi connectivity index (χ4n) is 2.51. The summed E-state index contributed by atoms with van der Waals surface area (Å²) in [6.45, 7) is 1.73. The standard InChI is InChI=1S/C14H14N2O2S/c1-8-12(13(17)18)19-14(15-8)16-11-7-6-9-4-2-3-5-10(9)11/h2-5,11H,6-7H2,1H3,(H,15,16)(H,17,18). The summed E-state index contributed by atoms with van der Waals surface area (Å²) in [6.07, 6.45) is 2.09. The number of thiazole rings is 1. The first-order chi connectivity index (χ1) is 9.15. The minimum absolute atomic E-state index is 0.239. The first kappa shape index (κ1) is 12.2. The Labute approximate surface area is 115 Å². The number of aryl methyl sites for hydroxylation is 2. The van der Waals surface area contributed by atoms with Crippen molar-refractivity contribution in [3.05, 3.63) is 46.0 Å². The van der Waals surface area contributed by atoms with E-state index in [1.165, 1.54) is 22.5 Å². The predicted molar refractivity (Wildman–Crippen MR) is 74.9 cm³/mol. The van der Waals surface area contributed by atoms with E-state index in [4.69, 9.17) is 5.11 Å². The zero-order chi connectivity index (χ0) is 13.4. The van der Waals surface area contributed by atoms with Gasteiger partial charge in [0.25, 0.3) is 0 Å². The van der Waals surface area contributed by atoms with E-state index < -0.39 is 5.97 Å². The molecule has 0 amide bonds. The lowest BCUT2D eigenvalue weighted by Crippen LogP contribution is -2.06. The quantitative estimate of drug-likeness (QED) is 0.902. The summed E-state index contributed by atoms with van der Waals surface area (Å²) in [4.78, 5) is 15.6. The van der Waals surface area contributed by atoms with Crippen molar-refractivity contribution in [2.24, 2.45) is 0 Å². The summed E-state index contributed by atoms with van der Waals surface area (Å²) in [5.74, 6) is -0.908. The molecule has 0 spiro atoms. The molecule has 0 saturated heterocycles. The number of nitrogens with zero attached hydrogens (tertiary/aromatic N) is 1. The van der Waals surface area contributed by atoms with Crippen molar-refractivity contribution in [2.45, 2.75) is 25.8 Å². The fourth-order valence-corrected chi connectivity index (χ4v) is 3.37. The van der Waals surface area contributed by atoms with E-state index in [0.29, 0.717) is 15.7 Å². The van der Waals surface area contributed by atoms with Gasteiger partial charge < -0.3 is 10.4 Å². The highest BCUT2D eigenvalue weighted by Crippen LogP contribution is 2.35. The molecule has 1 heterocycles. The van der Waals surface area contributed by atoms with Gasteiger partial charge in [0.05, 0.1) is 11.7 Å². The van der Waals surface area contributed by atoms with Crippen molar-refractivity contribution >= 4 is 22.4 Å². The van der Waals surface area contributed by atoms with E-state index in [2.05, 4.69) is 28.5 Å². The number of aromatic nitrogens is 1. The molecule has 1 aromatic heterocycles. The van der Waals surface area contributed by atoms with E-state index in [-0.39, 0.29) is 6.04 Å². The third-order valence-electron chi connectivity index (χ3n) is 3.42. The molecule has 98 valence electrons. The Bertz CT molecular complexity index is 636. The SMILES string of the molecule is Cc1nc(NC2CCc3ccccc32)sc1C(=O)O. The minimum Gasteiger partial charge on any atom is -0.477 e. The number of hydrogen-bond donors (Lipinski definition) is 2. The predicted octanol–water partition coefficient (Wildman–Crippen LogP) is 3.25. The number of anilines is 1. The van der Waals surface area contributed by atoms with Gasteiger partial charge in [0, 0.05) is 0 Å². The molecule has 1 aromatic carbocycles. The van der Waals surface area contributed by atoms with Crippen LogP contribution in [0.2, 0.25) is 0 Å². The van der Waals surface area contributed by atoms with Crippen LogP contribution in [0, 0.1) is 6.92 Å². The van der Waals surface area contributed by atoms with Crippen LogP contribution in [0.4, 0.5) is 5.13 Å². The molecule has 5 heteroatoms. The number of aromatic carboxylic acids is 1. The van der Waals surface area contributed by atoms with E-state index >= 15 is 0 Å². The van der Waals surface area contributed by atoms with Crippen LogP contribution >= 0.6 is 11.3 Å². The zero-order valence-corrected chi connectivity index (χ0v) is 11.3. The van der Waals surface area contributed by atoms with Crippen LogP contribution in [-0.4, -0.2) is 16.1 Å². The molecule has 0 radical (unpaired) electrons. The number of hydrogen-bond acceptors (Lipinski definition) is 4. The van der Waals surface area contributed by atoms with Gasteiger partial charge in [-0.1, -0.05) is 35.6 Å². The average molecular weight is 274 g/mol. The van der Waals surface area contributed by atoms with Gasteiger partial charge in [-0.25, -0.2) is 9.78 Å². The van der Waals surface area contributed by atoms with Crippen LogP contribution in [0.25, 0.3) is 0 Å². The van der Waals surface area contributed by atoms with Gasteiger partial charge in [-0.3, -0.25) is 0 Å². The molecule has 2 N–H and O–H groups in total. The Hall–Kier alpha value is -1.88. The van der Waals surface area contributed by atoms with E-state index in [1.807, 2.05) is 6.07 Å². The van der Waals surface area contributed by atoms with Gasteiger partial charge in [-0.2, -0.15) is 0 Å². The number of carboxylic acid groups (broad SMARTS) is 1. The van der Waals surface area contributed by atoms with Crippen molar-refractivity contribution < 1.29 is 9.90 Å². The minimum atomic E-state index is -0.908. The lowest BCUT2D eigenvalue weighted by Gasteiger charge is -2.12. The van der Waals surface area contributed by atoms with Gasteiger partial charge >= 0.3 is 5.97 Å². The van der Waals surface area contributed by atoms with E-state index in [0.717, 1.165) is 12.8 Å². The third-order valence-corrected chi connectivity index (χ3v) is 4.50. The summed E-state index contributed by atoms with van der Waals surface area (Å²) >= 11 is 1.21. The topological polar surface area (TPSA) is 62.2 Å². The summed E-state index contributed by atoms with van der Waals surface area (Å²) in [7, 11) is 0. The molecule has 19 heavy (non-hydrogen) atoms. The van der Waals surface area contributed by atoms with Crippen LogP contribution in [-0.2, 0) is 6.42 Å². The Kier molecular flexibility index (Phi) is 2.98. The third kappa shape index (κ3) is 2.21. The van der Waals surface area contributed by atoms with Crippen LogP contribution in [0.5, 0.6) is 0 Å². The molecule has 4 nitrogen and oxygen atoms in total. The zero-order valence-electron chi connectivity index (χ0n) is 10.5. The molecule has 0 bridgehead atoms. The molecule has 1 unspecified atom stereocenters. The molecule has 1 aliphatic carbocycles. The molecule has 0 fully saturated rings. The molecule has 3 rings (SSSR count). The summed E-state index contributed by atoms with van der Waals surface area (Å²) in [6, 6.07) is 8.60. The van der Waals surface area contributed by atoms with Crippen molar-refractivity contribution in [3.8, 4) is 0 Å². The molecule has 1 aliphatic rings. The Morgan fingerprint density at radius 1 is 1.47 bits per heavy atom. The van der Waals surface area contributed by atoms with Gasteiger partial charge in [-0.15, -0.1) is 0 Å². The van der Waals surface area contributed by atoms with Crippen LogP contribution < -0.4 is 5.32 Å². The van der Waals surface area contributed by atoms with Gasteiger partial charge in [0.2, 0.25) is 0 Å². The maximum Gasteiger partial charge on any atom is 0.347 e. The largest absolute Gasteiger partial charge is 0.477 e.